The molecule has 7 N–H and O–H groups in total. The largest absolute Gasteiger partial charge is 0.506 e. The van der Waals surface area contributed by atoms with Crippen LogP contribution in [0.2, 0.25) is 5.28 Å². The van der Waals surface area contributed by atoms with Crippen molar-refractivity contribution in [2.24, 2.45) is 10.2 Å². The maximum atomic E-state index is 12.2. The molecule has 0 saturated heterocycles. The van der Waals surface area contributed by atoms with Crippen LogP contribution in [0.4, 0.5) is 34.6 Å². The Labute approximate surface area is 227 Å². The molecule has 0 aliphatic heterocycles. The SMILES string of the molecule is Nc1nc(Cl)nc(Nc2cc(S(=O)(=O)O)cc3cc(S(=O)(=O)O)c(N=Nc4cc([N+](=O)[O-])ccc4O)c(O)c23)n1. The molecule has 0 amide bonds. The van der Waals surface area contributed by atoms with E-state index in [-0.39, 0.29) is 33.6 Å². The Balaban J connectivity index is 2.04. The first-order valence-electron chi connectivity index (χ1n) is 10.2. The Morgan fingerprint density at radius 2 is 1.68 bits per heavy atom. The standard InChI is InChI=1S/C19H13ClN8O10S2/c20-17-23-18(21)25-19(24-17)22-11-6-9(39(33,34)35)3-7-4-13(40(36,37)38)15(16(30)14(7)11)27-26-10-5-8(28(31)32)1-2-12(10)29/h1-6,29-30H,(H,33,34,35)(H,36,37,38)(H3,21,22,23,24,25). The van der Waals surface area contributed by atoms with E-state index in [1.54, 1.807) is 0 Å². The van der Waals surface area contributed by atoms with E-state index in [9.17, 15) is 46.3 Å². The predicted molar refractivity (Wildman–Crippen MR) is 137 cm³/mol. The van der Waals surface area contributed by atoms with Crippen LogP contribution < -0.4 is 11.1 Å². The molecule has 0 bridgehead atoms. The average molecular weight is 613 g/mol. The second-order valence-electron chi connectivity index (χ2n) is 7.63. The Bertz CT molecular complexity index is 1950. The number of nitrogens with one attached hydrogen (secondary N) is 1. The number of hydrogen-bond donors (Lipinski definition) is 6. The fourth-order valence-corrected chi connectivity index (χ4v) is 4.72. The van der Waals surface area contributed by atoms with Gasteiger partial charge in [0.15, 0.2) is 5.75 Å². The minimum Gasteiger partial charge on any atom is -0.506 e. The molecule has 3 aromatic carbocycles. The number of non-ortho nitro benzene ring substituents is 1. The zero-order chi connectivity index (χ0) is 29.6. The monoisotopic (exact) mass is 612 g/mol. The van der Waals surface area contributed by atoms with Crippen molar-refractivity contribution in [1.29, 1.82) is 0 Å². The first kappa shape index (κ1) is 28.3. The van der Waals surface area contributed by atoms with Gasteiger partial charge in [-0.2, -0.15) is 31.8 Å². The van der Waals surface area contributed by atoms with E-state index >= 15 is 0 Å². The molecular formula is C19H13ClN8O10S2. The number of benzene rings is 3. The smallest absolute Gasteiger partial charge is 0.296 e. The molecule has 0 spiro atoms. The molecule has 21 heteroatoms. The Kier molecular flexibility index (Phi) is 7.13. The summed E-state index contributed by atoms with van der Waals surface area (Å²) < 4.78 is 67.5. The lowest BCUT2D eigenvalue weighted by Crippen LogP contribution is -2.06. The van der Waals surface area contributed by atoms with Crippen molar-refractivity contribution in [2.75, 3.05) is 11.1 Å². The van der Waals surface area contributed by atoms with Gasteiger partial charge < -0.3 is 21.3 Å². The summed E-state index contributed by atoms with van der Waals surface area (Å²) in [5, 5.41) is 40.7. The summed E-state index contributed by atoms with van der Waals surface area (Å²) in [4.78, 5) is 19.4. The highest BCUT2D eigenvalue weighted by Crippen LogP contribution is 2.46. The molecule has 1 aromatic heterocycles. The summed E-state index contributed by atoms with van der Waals surface area (Å²) in [6, 6.07) is 4.94. The van der Waals surface area contributed by atoms with E-state index in [4.69, 9.17) is 17.3 Å². The molecule has 0 fully saturated rings. The number of halogens is 1. The van der Waals surface area contributed by atoms with Crippen LogP contribution in [0, 0.1) is 10.1 Å². The van der Waals surface area contributed by atoms with Gasteiger partial charge in [-0.05, 0) is 41.3 Å². The molecular weight excluding hydrogens is 600 g/mol. The number of azo groups is 1. The lowest BCUT2D eigenvalue weighted by Gasteiger charge is -2.15. The van der Waals surface area contributed by atoms with Crippen LogP contribution in [0.25, 0.3) is 10.8 Å². The average Bonchev–Trinajstić information content (AvgIpc) is 2.82. The van der Waals surface area contributed by atoms with Gasteiger partial charge in [-0.25, -0.2) is 0 Å². The van der Waals surface area contributed by atoms with E-state index in [1.165, 1.54) is 0 Å². The van der Waals surface area contributed by atoms with Crippen molar-refractivity contribution >= 4 is 77.3 Å². The number of aromatic nitrogens is 3. The molecule has 0 radical (unpaired) electrons. The van der Waals surface area contributed by atoms with Gasteiger partial charge in [-0.15, -0.1) is 10.2 Å². The number of fused-ring (bicyclic) bond motifs is 1. The van der Waals surface area contributed by atoms with E-state index in [0.717, 1.165) is 30.3 Å². The van der Waals surface area contributed by atoms with Crippen molar-refractivity contribution < 1.29 is 41.1 Å². The minimum atomic E-state index is -5.20. The van der Waals surface area contributed by atoms with Crippen LogP contribution in [-0.4, -0.2) is 56.0 Å². The molecule has 4 rings (SSSR count). The summed E-state index contributed by atoms with van der Waals surface area (Å²) in [7, 11) is -10.1. The first-order valence-corrected chi connectivity index (χ1v) is 13.4. The van der Waals surface area contributed by atoms with Crippen molar-refractivity contribution in [1.82, 2.24) is 15.0 Å². The lowest BCUT2D eigenvalue weighted by molar-refractivity contribution is -0.384. The minimum absolute atomic E-state index is 0.355. The molecule has 0 aliphatic carbocycles. The van der Waals surface area contributed by atoms with Gasteiger partial charge in [0, 0.05) is 17.5 Å². The zero-order valence-corrected chi connectivity index (χ0v) is 21.5. The second-order valence-corrected chi connectivity index (χ2v) is 10.8. The number of nitrogens with two attached hydrogens (primary N) is 1. The number of rotatable bonds is 7. The van der Waals surface area contributed by atoms with Gasteiger partial charge in [0.2, 0.25) is 17.2 Å². The third-order valence-electron chi connectivity index (χ3n) is 5.00. The van der Waals surface area contributed by atoms with E-state index in [2.05, 4.69) is 30.5 Å². The molecule has 4 aromatic rings. The highest BCUT2D eigenvalue weighted by molar-refractivity contribution is 7.86. The summed E-state index contributed by atoms with van der Waals surface area (Å²) in [6.07, 6.45) is 0. The number of hydrogen-bond acceptors (Lipinski definition) is 15. The number of nitrogens with zero attached hydrogens (tertiary/aromatic N) is 6. The summed E-state index contributed by atoms with van der Waals surface area (Å²) >= 11 is 5.76. The maximum Gasteiger partial charge on any atom is 0.296 e. The molecule has 18 nitrogen and oxygen atoms in total. The van der Waals surface area contributed by atoms with Crippen molar-refractivity contribution in [3.05, 3.63) is 51.8 Å². The van der Waals surface area contributed by atoms with Gasteiger partial charge in [0.05, 0.1) is 15.5 Å². The van der Waals surface area contributed by atoms with Crippen LogP contribution in [0.5, 0.6) is 11.5 Å². The van der Waals surface area contributed by atoms with Crippen LogP contribution in [-0.2, 0) is 20.2 Å². The fourth-order valence-electron chi connectivity index (χ4n) is 3.35. The molecule has 0 saturated carbocycles. The topological polar surface area (TPSA) is 294 Å². The molecule has 0 unspecified atom stereocenters. The van der Waals surface area contributed by atoms with Gasteiger partial charge >= 0.3 is 0 Å². The number of nitrogen functional groups attached to an aromatic ring is 1. The van der Waals surface area contributed by atoms with Crippen molar-refractivity contribution in [2.45, 2.75) is 9.79 Å². The summed E-state index contributed by atoms with van der Waals surface area (Å²) in [5.41, 5.74) is 3.23. The Morgan fingerprint density at radius 3 is 2.27 bits per heavy atom. The van der Waals surface area contributed by atoms with Crippen LogP contribution in [0.15, 0.2) is 56.4 Å². The molecule has 40 heavy (non-hydrogen) atoms. The third kappa shape index (κ3) is 5.79. The number of aromatic hydroxyl groups is 2. The molecule has 0 atom stereocenters. The van der Waals surface area contributed by atoms with Crippen molar-refractivity contribution in [3.63, 3.8) is 0 Å². The van der Waals surface area contributed by atoms with Crippen LogP contribution >= 0.6 is 11.6 Å². The van der Waals surface area contributed by atoms with E-state index < -0.39 is 63.5 Å². The number of phenolic OH excluding ortho intramolecular Hbond substituents is 2. The normalized spacial score (nSPS) is 12.2. The third-order valence-corrected chi connectivity index (χ3v) is 6.87. The lowest BCUT2D eigenvalue weighted by atomic mass is 10.1. The fraction of sp³-hybridized carbons (Fsp3) is 0. The Hall–Kier alpha value is -4.76. The van der Waals surface area contributed by atoms with Gasteiger partial charge in [0.1, 0.15) is 22.0 Å². The summed E-state index contributed by atoms with van der Waals surface area (Å²) in [5.74, 6) is -2.35. The highest BCUT2D eigenvalue weighted by Gasteiger charge is 2.26. The number of anilines is 3. The maximum absolute atomic E-state index is 12.2. The number of nitro groups is 1. The predicted octanol–water partition coefficient (Wildman–Crippen LogP) is 3.23. The van der Waals surface area contributed by atoms with E-state index in [1.807, 2.05) is 0 Å². The molecule has 0 aliphatic rings. The zero-order valence-electron chi connectivity index (χ0n) is 19.2. The van der Waals surface area contributed by atoms with E-state index in [0.29, 0.717) is 6.07 Å². The molecule has 208 valence electrons. The highest BCUT2D eigenvalue weighted by atomic mass is 35.5. The van der Waals surface area contributed by atoms with Gasteiger partial charge in [0.25, 0.3) is 25.9 Å². The number of nitro benzene ring substituents is 1. The van der Waals surface area contributed by atoms with Crippen LogP contribution in [0.1, 0.15) is 0 Å². The van der Waals surface area contributed by atoms with Crippen molar-refractivity contribution in [3.8, 4) is 11.5 Å². The Morgan fingerprint density at radius 1 is 0.975 bits per heavy atom. The summed E-state index contributed by atoms with van der Waals surface area (Å²) in [6.45, 7) is 0. The van der Waals surface area contributed by atoms with Gasteiger partial charge in [-0.1, -0.05) is 0 Å². The van der Waals surface area contributed by atoms with Crippen LogP contribution in [0.3, 0.4) is 0 Å². The van der Waals surface area contributed by atoms with Gasteiger partial charge in [-0.3, -0.25) is 19.2 Å². The number of phenols is 2. The quantitative estimate of drug-likeness (QED) is 0.0755. The second kappa shape index (κ2) is 10.1. The first-order chi connectivity index (χ1) is 18.5. The molecule has 1 heterocycles.